The van der Waals surface area contributed by atoms with E-state index in [0.717, 1.165) is 10.9 Å². The van der Waals surface area contributed by atoms with Gasteiger partial charge in [-0.05, 0) is 36.4 Å². The standard InChI is InChI=1S/C14H10FNO2/c15-11-3-4-12-10(8-11)5-6-16(12)9-13(17)14-2-1-7-18-14/h1-8H,9H2. The maximum absolute atomic E-state index is 13.0. The predicted octanol–water partition coefficient (Wildman–Crippen LogP) is 3.26. The zero-order valence-corrected chi connectivity index (χ0v) is 9.47. The van der Waals surface area contributed by atoms with Gasteiger partial charge in [-0.15, -0.1) is 0 Å². The second-order valence-corrected chi connectivity index (χ2v) is 4.05. The van der Waals surface area contributed by atoms with Gasteiger partial charge in [-0.3, -0.25) is 4.79 Å². The minimum absolute atomic E-state index is 0.109. The number of fused-ring (bicyclic) bond motifs is 1. The molecule has 3 rings (SSSR count). The highest BCUT2D eigenvalue weighted by atomic mass is 19.1. The second kappa shape index (κ2) is 4.14. The van der Waals surface area contributed by atoms with Crippen LogP contribution in [-0.2, 0) is 6.54 Å². The zero-order chi connectivity index (χ0) is 12.5. The minimum Gasteiger partial charge on any atom is -0.461 e. The van der Waals surface area contributed by atoms with E-state index in [9.17, 15) is 9.18 Å². The van der Waals surface area contributed by atoms with Gasteiger partial charge in [0.2, 0.25) is 5.78 Å². The summed E-state index contributed by atoms with van der Waals surface area (Å²) in [5.41, 5.74) is 0.830. The van der Waals surface area contributed by atoms with E-state index in [0.29, 0.717) is 5.76 Å². The minimum atomic E-state index is -0.280. The molecule has 3 aromatic rings. The predicted molar refractivity (Wildman–Crippen MR) is 64.9 cm³/mol. The zero-order valence-electron chi connectivity index (χ0n) is 9.47. The molecule has 18 heavy (non-hydrogen) atoms. The number of Topliss-reactive ketones (excluding diaryl/α,β-unsaturated/α-hetero) is 1. The van der Waals surface area contributed by atoms with Crippen LogP contribution in [0.5, 0.6) is 0 Å². The number of furan rings is 1. The summed E-state index contributed by atoms with van der Waals surface area (Å²) in [6, 6.07) is 9.59. The van der Waals surface area contributed by atoms with Crippen LogP contribution in [0.3, 0.4) is 0 Å². The third kappa shape index (κ3) is 1.82. The SMILES string of the molecule is O=C(Cn1ccc2cc(F)ccc21)c1ccco1. The Morgan fingerprint density at radius 2 is 2.17 bits per heavy atom. The molecule has 0 fully saturated rings. The van der Waals surface area contributed by atoms with Crippen molar-refractivity contribution in [2.45, 2.75) is 6.54 Å². The molecule has 90 valence electrons. The molecule has 0 spiro atoms. The molecule has 0 N–H and O–H groups in total. The number of halogens is 1. The molecule has 0 amide bonds. The van der Waals surface area contributed by atoms with Gasteiger partial charge in [0.1, 0.15) is 5.82 Å². The largest absolute Gasteiger partial charge is 0.461 e. The van der Waals surface area contributed by atoms with Crippen LogP contribution in [0.25, 0.3) is 10.9 Å². The average molecular weight is 243 g/mol. The normalized spacial score (nSPS) is 10.9. The Balaban J connectivity index is 1.94. The summed E-state index contributed by atoms with van der Waals surface area (Å²) in [5.74, 6) is -0.0570. The van der Waals surface area contributed by atoms with Gasteiger partial charge in [0.15, 0.2) is 5.76 Å². The van der Waals surface area contributed by atoms with Crippen molar-refractivity contribution in [3.8, 4) is 0 Å². The van der Waals surface area contributed by atoms with E-state index in [4.69, 9.17) is 4.42 Å². The smallest absolute Gasteiger partial charge is 0.217 e. The number of nitrogens with zero attached hydrogens (tertiary/aromatic N) is 1. The third-order valence-corrected chi connectivity index (χ3v) is 2.84. The van der Waals surface area contributed by atoms with Crippen LogP contribution in [0.15, 0.2) is 53.3 Å². The molecule has 0 saturated carbocycles. The first-order valence-electron chi connectivity index (χ1n) is 5.55. The molecule has 4 heteroatoms. The Hall–Kier alpha value is -2.36. The first-order chi connectivity index (χ1) is 8.74. The molecule has 0 bridgehead atoms. The van der Waals surface area contributed by atoms with Gasteiger partial charge < -0.3 is 8.98 Å². The van der Waals surface area contributed by atoms with E-state index in [1.165, 1.54) is 18.4 Å². The molecular formula is C14H10FNO2. The number of carbonyl (C=O) groups excluding carboxylic acids is 1. The molecule has 0 atom stereocenters. The highest BCUT2D eigenvalue weighted by Crippen LogP contribution is 2.17. The molecule has 0 aliphatic heterocycles. The van der Waals surface area contributed by atoms with E-state index in [1.54, 1.807) is 35.0 Å². The van der Waals surface area contributed by atoms with E-state index < -0.39 is 0 Å². The summed E-state index contributed by atoms with van der Waals surface area (Å²) in [6.07, 6.45) is 3.24. The summed E-state index contributed by atoms with van der Waals surface area (Å²) in [5, 5.41) is 0.780. The summed E-state index contributed by atoms with van der Waals surface area (Å²) in [4.78, 5) is 11.9. The quantitative estimate of drug-likeness (QED) is 0.662. The van der Waals surface area contributed by atoms with Crippen LogP contribution in [0.4, 0.5) is 4.39 Å². The van der Waals surface area contributed by atoms with Crippen LogP contribution in [0.2, 0.25) is 0 Å². The molecule has 0 aliphatic carbocycles. The van der Waals surface area contributed by atoms with Gasteiger partial charge in [0.25, 0.3) is 0 Å². The molecule has 2 heterocycles. The maximum Gasteiger partial charge on any atom is 0.217 e. The highest BCUT2D eigenvalue weighted by Gasteiger charge is 2.11. The average Bonchev–Trinajstić information content (AvgIpc) is 2.98. The fraction of sp³-hybridized carbons (Fsp3) is 0.0714. The molecular weight excluding hydrogens is 233 g/mol. The van der Waals surface area contributed by atoms with Crippen LogP contribution in [0.1, 0.15) is 10.6 Å². The second-order valence-electron chi connectivity index (χ2n) is 4.05. The Morgan fingerprint density at radius 1 is 1.28 bits per heavy atom. The summed E-state index contributed by atoms with van der Waals surface area (Å²) in [6.45, 7) is 0.183. The van der Waals surface area contributed by atoms with Crippen molar-refractivity contribution in [2.75, 3.05) is 0 Å². The van der Waals surface area contributed by atoms with Crippen molar-refractivity contribution < 1.29 is 13.6 Å². The van der Waals surface area contributed by atoms with Crippen molar-refractivity contribution in [3.63, 3.8) is 0 Å². The molecule has 3 nitrogen and oxygen atoms in total. The first-order valence-corrected chi connectivity index (χ1v) is 5.55. The number of hydrogen-bond acceptors (Lipinski definition) is 2. The van der Waals surface area contributed by atoms with Gasteiger partial charge in [-0.1, -0.05) is 0 Å². The molecule has 0 saturated heterocycles. The highest BCUT2D eigenvalue weighted by molar-refractivity contribution is 5.94. The van der Waals surface area contributed by atoms with Gasteiger partial charge in [0.05, 0.1) is 12.8 Å². The summed E-state index contributed by atoms with van der Waals surface area (Å²) >= 11 is 0. The third-order valence-electron chi connectivity index (χ3n) is 2.84. The van der Waals surface area contributed by atoms with Crippen LogP contribution in [0, 0.1) is 5.82 Å². The van der Waals surface area contributed by atoms with Gasteiger partial charge >= 0.3 is 0 Å². The summed E-state index contributed by atoms with van der Waals surface area (Å²) < 4.78 is 19.9. The molecule has 0 aliphatic rings. The topological polar surface area (TPSA) is 35.1 Å². The number of aromatic nitrogens is 1. The Morgan fingerprint density at radius 3 is 2.94 bits per heavy atom. The molecule has 2 aromatic heterocycles. The number of hydrogen-bond donors (Lipinski definition) is 0. The van der Waals surface area contributed by atoms with Crippen LogP contribution in [-0.4, -0.2) is 10.4 Å². The Kier molecular flexibility index (Phi) is 2.48. The van der Waals surface area contributed by atoms with Crippen molar-refractivity contribution >= 4 is 16.7 Å². The number of benzene rings is 1. The van der Waals surface area contributed by atoms with Gasteiger partial charge in [0, 0.05) is 17.1 Å². The molecule has 0 radical (unpaired) electrons. The lowest BCUT2D eigenvalue weighted by Crippen LogP contribution is -2.08. The maximum atomic E-state index is 13.0. The molecule has 0 unspecified atom stereocenters. The van der Waals surface area contributed by atoms with E-state index in [2.05, 4.69) is 0 Å². The summed E-state index contributed by atoms with van der Waals surface area (Å²) in [7, 11) is 0. The lowest BCUT2D eigenvalue weighted by Gasteiger charge is -2.03. The Bertz CT molecular complexity index is 698. The van der Waals surface area contributed by atoms with Crippen LogP contribution < -0.4 is 0 Å². The van der Waals surface area contributed by atoms with Gasteiger partial charge in [-0.2, -0.15) is 0 Å². The van der Waals surface area contributed by atoms with Crippen molar-refractivity contribution in [2.24, 2.45) is 0 Å². The van der Waals surface area contributed by atoms with Crippen molar-refractivity contribution in [1.29, 1.82) is 0 Å². The number of ketones is 1. The van der Waals surface area contributed by atoms with Crippen molar-refractivity contribution in [1.82, 2.24) is 4.57 Å². The first kappa shape index (κ1) is 10.8. The fourth-order valence-electron chi connectivity index (χ4n) is 1.98. The molecule has 1 aromatic carbocycles. The van der Waals surface area contributed by atoms with E-state index in [-0.39, 0.29) is 18.1 Å². The fourth-order valence-corrected chi connectivity index (χ4v) is 1.98. The van der Waals surface area contributed by atoms with E-state index >= 15 is 0 Å². The number of rotatable bonds is 3. The Labute approximate surface area is 102 Å². The van der Waals surface area contributed by atoms with Crippen LogP contribution >= 0.6 is 0 Å². The van der Waals surface area contributed by atoms with Gasteiger partial charge in [-0.25, -0.2) is 4.39 Å². The lowest BCUT2D eigenvalue weighted by molar-refractivity contribution is 0.0946. The van der Waals surface area contributed by atoms with Crippen molar-refractivity contribution in [3.05, 3.63) is 60.4 Å². The van der Waals surface area contributed by atoms with E-state index in [1.807, 2.05) is 0 Å². The monoisotopic (exact) mass is 243 g/mol. The lowest BCUT2D eigenvalue weighted by atomic mass is 10.2. The number of carbonyl (C=O) groups is 1.